The van der Waals surface area contributed by atoms with Gasteiger partial charge in [0.2, 0.25) is 0 Å². The molecule has 23 heavy (non-hydrogen) atoms. The lowest BCUT2D eigenvalue weighted by Gasteiger charge is -2.10. The van der Waals surface area contributed by atoms with Crippen molar-refractivity contribution in [1.29, 1.82) is 0 Å². The monoisotopic (exact) mass is 330 g/mol. The zero-order valence-electron chi connectivity index (χ0n) is 13.5. The van der Waals surface area contributed by atoms with E-state index in [1.807, 2.05) is 18.4 Å². The van der Waals surface area contributed by atoms with Gasteiger partial charge in [0.1, 0.15) is 17.3 Å². The van der Waals surface area contributed by atoms with Gasteiger partial charge in [-0.05, 0) is 30.5 Å². The minimum atomic E-state index is -0.566. The molecule has 0 fully saturated rings. The molecule has 0 radical (unpaired) electrons. The van der Waals surface area contributed by atoms with Gasteiger partial charge in [-0.15, -0.1) is 11.3 Å². The number of aromatic nitrogens is 2. The Labute approximate surface area is 138 Å². The van der Waals surface area contributed by atoms with Gasteiger partial charge >= 0.3 is 0 Å². The van der Waals surface area contributed by atoms with Gasteiger partial charge in [0.25, 0.3) is 5.56 Å². The van der Waals surface area contributed by atoms with Gasteiger partial charge in [0.05, 0.1) is 11.9 Å². The number of hydrogen-bond donors (Lipinski definition) is 0. The fourth-order valence-electron chi connectivity index (χ4n) is 2.77. The number of hydrogen-bond acceptors (Lipinski definition) is 3. The van der Waals surface area contributed by atoms with E-state index in [-0.39, 0.29) is 12.1 Å². The fourth-order valence-corrected chi connectivity index (χ4v) is 3.73. The maximum Gasteiger partial charge on any atom is 0.262 e. The number of fused-ring (bicyclic) bond motifs is 1. The molecule has 3 rings (SSSR count). The molecular weight excluding hydrogens is 311 g/mol. The summed E-state index contributed by atoms with van der Waals surface area (Å²) in [7, 11) is 0. The Bertz CT molecular complexity index is 927. The zero-order valence-corrected chi connectivity index (χ0v) is 14.3. The molecular formula is C18H19FN2OS. The van der Waals surface area contributed by atoms with E-state index >= 15 is 0 Å². The molecule has 0 saturated carbocycles. The summed E-state index contributed by atoms with van der Waals surface area (Å²) in [5.41, 5.74) is 4.16. The number of nitrogens with zero attached hydrogens (tertiary/aromatic N) is 2. The molecule has 5 heteroatoms. The van der Waals surface area contributed by atoms with Crippen molar-refractivity contribution in [3.63, 3.8) is 0 Å². The second-order valence-corrected chi connectivity index (χ2v) is 6.51. The summed E-state index contributed by atoms with van der Waals surface area (Å²) in [6.45, 7) is 5.55. The third kappa shape index (κ3) is 2.70. The molecule has 0 amide bonds. The predicted molar refractivity (Wildman–Crippen MR) is 94.1 cm³/mol. The SMILES string of the molecule is CCc1nc2scc(-c3ccc(C)c(C)c3)c2c(=O)n1CCF. The molecule has 1 aromatic carbocycles. The zero-order chi connectivity index (χ0) is 16.6. The minimum Gasteiger partial charge on any atom is -0.293 e. The van der Waals surface area contributed by atoms with Gasteiger partial charge < -0.3 is 0 Å². The van der Waals surface area contributed by atoms with E-state index in [4.69, 9.17) is 0 Å². The average Bonchev–Trinajstić information content (AvgIpc) is 2.96. The summed E-state index contributed by atoms with van der Waals surface area (Å²) in [5.74, 6) is 0.647. The van der Waals surface area contributed by atoms with Crippen LogP contribution in [0.3, 0.4) is 0 Å². The van der Waals surface area contributed by atoms with Crippen molar-refractivity contribution in [2.45, 2.75) is 33.7 Å². The van der Waals surface area contributed by atoms with E-state index in [9.17, 15) is 9.18 Å². The molecule has 0 aliphatic heterocycles. The van der Waals surface area contributed by atoms with Gasteiger partial charge in [-0.3, -0.25) is 9.36 Å². The molecule has 0 N–H and O–H groups in total. The number of thiophene rings is 1. The molecule has 0 spiro atoms. The summed E-state index contributed by atoms with van der Waals surface area (Å²) in [5, 5.41) is 2.58. The van der Waals surface area contributed by atoms with Crippen molar-refractivity contribution in [2.24, 2.45) is 0 Å². The Hall–Kier alpha value is -2.01. The van der Waals surface area contributed by atoms with Crippen LogP contribution in [0.4, 0.5) is 4.39 Å². The van der Waals surface area contributed by atoms with E-state index < -0.39 is 6.67 Å². The van der Waals surface area contributed by atoms with Crippen LogP contribution < -0.4 is 5.56 Å². The normalized spacial score (nSPS) is 11.3. The first kappa shape index (κ1) is 15.9. The van der Waals surface area contributed by atoms with Crippen LogP contribution in [0.15, 0.2) is 28.4 Å². The van der Waals surface area contributed by atoms with Crippen molar-refractivity contribution < 1.29 is 4.39 Å². The Morgan fingerprint density at radius 2 is 2.04 bits per heavy atom. The third-order valence-electron chi connectivity index (χ3n) is 4.22. The molecule has 3 aromatic rings. The van der Waals surface area contributed by atoms with Gasteiger partial charge in [-0.2, -0.15) is 0 Å². The van der Waals surface area contributed by atoms with Crippen LogP contribution in [0.1, 0.15) is 23.9 Å². The van der Waals surface area contributed by atoms with Crippen molar-refractivity contribution in [1.82, 2.24) is 9.55 Å². The molecule has 2 heterocycles. The molecule has 2 aromatic heterocycles. The first-order valence-corrected chi connectivity index (χ1v) is 8.59. The van der Waals surface area contributed by atoms with E-state index in [1.165, 1.54) is 27.0 Å². The van der Waals surface area contributed by atoms with Crippen LogP contribution in [0.5, 0.6) is 0 Å². The Kier molecular flexibility index (Phi) is 4.31. The van der Waals surface area contributed by atoms with E-state index in [0.717, 1.165) is 16.0 Å². The lowest BCUT2D eigenvalue weighted by molar-refractivity contribution is 0.432. The van der Waals surface area contributed by atoms with E-state index in [1.54, 1.807) is 0 Å². The number of rotatable bonds is 4. The highest BCUT2D eigenvalue weighted by atomic mass is 32.1. The Balaban J connectivity index is 2.29. The largest absolute Gasteiger partial charge is 0.293 e. The first-order chi connectivity index (χ1) is 11.1. The van der Waals surface area contributed by atoms with Crippen LogP contribution >= 0.6 is 11.3 Å². The molecule has 3 nitrogen and oxygen atoms in total. The fraction of sp³-hybridized carbons (Fsp3) is 0.333. The number of halogens is 1. The van der Waals surface area contributed by atoms with Crippen molar-refractivity contribution in [3.05, 3.63) is 50.9 Å². The van der Waals surface area contributed by atoms with Crippen LogP contribution in [-0.4, -0.2) is 16.2 Å². The molecule has 0 aliphatic rings. The Morgan fingerprint density at radius 1 is 1.26 bits per heavy atom. The highest BCUT2D eigenvalue weighted by Gasteiger charge is 2.16. The third-order valence-corrected chi connectivity index (χ3v) is 5.09. The van der Waals surface area contributed by atoms with Crippen LogP contribution in [0, 0.1) is 13.8 Å². The second-order valence-electron chi connectivity index (χ2n) is 5.66. The van der Waals surface area contributed by atoms with Gasteiger partial charge in [0.15, 0.2) is 0 Å². The summed E-state index contributed by atoms with van der Waals surface area (Å²) in [6, 6.07) is 6.17. The smallest absolute Gasteiger partial charge is 0.262 e. The number of alkyl halides is 1. The van der Waals surface area contributed by atoms with E-state index in [0.29, 0.717) is 17.6 Å². The molecule has 0 aliphatic carbocycles. The van der Waals surface area contributed by atoms with Crippen molar-refractivity contribution in [2.75, 3.05) is 6.67 Å². The highest BCUT2D eigenvalue weighted by molar-refractivity contribution is 7.17. The maximum atomic E-state index is 12.9. The van der Waals surface area contributed by atoms with Gasteiger partial charge in [-0.1, -0.05) is 25.1 Å². The predicted octanol–water partition coefficient (Wildman–Crippen LogP) is 4.27. The lowest BCUT2D eigenvalue weighted by atomic mass is 10.0. The molecule has 0 bridgehead atoms. The van der Waals surface area contributed by atoms with Gasteiger partial charge in [0, 0.05) is 17.4 Å². The summed E-state index contributed by atoms with van der Waals surface area (Å²) < 4.78 is 14.3. The molecule has 0 unspecified atom stereocenters. The standard InChI is InChI=1S/C18H19FN2OS/c1-4-15-20-17-16(18(22)21(15)8-7-19)14(10-23-17)13-6-5-11(2)12(3)9-13/h5-6,9-10H,4,7-8H2,1-3H3. The summed E-state index contributed by atoms with van der Waals surface area (Å²) in [6.07, 6.45) is 0.613. The van der Waals surface area contributed by atoms with Crippen LogP contribution in [0.25, 0.3) is 21.3 Å². The van der Waals surface area contributed by atoms with E-state index in [2.05, 4.69) is 31.0 Å². The van der Waals surface area contributed by atoms with Crippen molar-refractivity contribution in [3.8, 4) is 11.1 Å². The lowest BCUT2D eigenvalue weighted by Crippen LogP contribution is -2.25. The minimum absolute atomic E-state index is 0.0627. The van der Waals surface area contributed by atoms with Gasteiger partial charge in [-0.25, -0.2) is 9.37 Å². The Morgan fingerprint density at radius 3 is 2.70 bits per heavy atom. The topological polar surface area (TPSA) is 34.9 Å². The summed E-state index contributed by atoms with van der Waals surface area (Å²) in [4.78, 5) is 18.2. The molecule has 0 saturated heterocycles. The highest BCUT2D eigenvalue weighted by Crippen LogP contribution is 2.32. The molecule has 120 valence electrons. The maximum absolute atomic E-state index is 12.9. The average molecular weight is 330 g/mol. The number of aryl methyl sites for hydroxylation is 3. The van der Waals surface area contributed by atoms with Crippen LogP contribution in [0.2, 0.25) is 0 Å². The molecule has 0 atom stereocenters. The quantitative estimate of drug-likeness (QED) is 0.716. The second kappa shape index (κ2) is 6.24. The summed E-state index contributed by atoms with van der Waals surface area (Å²) >= 11 is 1.47. The van der Waals surface area contributed by atoms with Crippen LogP contribution in [-0.2, 0) is 13.0 Å². The van der Waals surface area contributed by atoms with Crippen molar-refractivity contribution >= 4 is 21.6 Å². The first-order valence-electron chi connectivity index (χ1n) is 7.71. The number of benzene rings is 1.